The van der Waals surface area contributed by atoms with E-state index < -0.39 is 27.2 Å². The van der Waals surface area contributed by atoms with E-state index in [0.29, 0.717) is 49.1 Å². The number of nitrogens with one attached hydrogen (secondary N) is 1. The van der Waals surface area contributed by atoms with Gasteiger partial charge in [0.1, 0.15) is 16.2 Å². The third-order valence-electron chi connectivity index (χ3n) is 6.30. The lowest BCUT2D eigenvalue weighted by atomic mass is 10.1. The number of hydrogen-bond acceptors (Lipinski definition) is 9. The van der Waals surface area contributed by atoms with Crippen LogP contribution in [0.25, 0.3) is 11.0 Å². The lowest BCUT2D eigenvalue weighted by molar-refractivity contribution is -0.113. The van der Waals surface area contributed by atoms with Crippen molar-refractivity contribution in [3.05, 3.63) is 50.9 Å². The molecule has 0 aliphatic carbocycles. The standard InChI is InChI=1S/C26H34N6O6S2/c1-5-9-32-23-22(25(34)30(4)26(32)35)24(29-20(28-23)14-17(2)3)39-16-21(33)27-18-7-6-8-19(15-18)40(36,37)31-10-12-38-13-11-31/h6-8,15,17H,5,9-14,16H2,1-4H3,(H,27,33). The molecule has 1 aliphatic heterocycles. The van der Waals surface area contributed by atoms with E-state index in [1.54, 1.807) is 12.1 Å². The third kappa shape index (κ3) is 6.45. The summed E-state index contributed by atoms with van der Waals surface area (Å²) in [7, 11) is -2.31. The Kier molecular flexibility index (Phi) is 9.44. The van der Waals surface area contributed by atoms with Crippen LogP contribution in [0.1, 0.15) is 33.0 Å². The Morgan fingerprint density at radius 1 is 1.18 bits per heavy atom. The summed E-state index contributed by atoms with van der Waals surface area (Å²) in [6.07, 6.45) is 1.21. The molecule has 216 valence electrons. The molecule has 0 bridgehead atoms. The fourth-order valence-corrected chi connectivity index (χ4v) is 6.66. The number of aryl methyl sites for hydroxylation is 1. The molecule has 0 spiro atoms. The van der Waals surface area contributed by atoms with Crippen LogP contribution in [0.15, 0.2) is 43.8 Å². The molecule has 0 saturated carbocycles. The van der Waals surface area contributed by atoms with Gasteiger partial charge < -0.3 is 10.1 Å². The van der Waals surface area contributed by atoms with Crippen molar-refractivity contribution < 1.29 is 17.9 Å². The fraction of sp³-hybridized carbons (Fsp3) is 0.500. The number of benzene rings is 1. The molecule has 1 amide bonds. The number of thioether (sulfide) groups is 1. The second-order valence-electron chi connectivity index (χ2n) is 9.92. The van der Waals surface area contributed by atoms with Gasteiger partial charge in [-0.1, -0.05) is 38.6 Å². The number of fused-ring (bicyclic) bond motifs is 1. The summed E-state index contributed by atoms with van der Waals surface area (Å²) in [6, 6.07) is 6.10. The molecule has 1 aliphatic rings. The summed E-state index contributed by atoms with van der Waals surface area (Å²) in [5.74, 6) is 0.229. The number of ether oxygens (including phenoxy) is 1. The minimum Gasteiger partial charge on any atom is -0.379 e. The molecule has 2 aromatic heterocycles. The Labute approximate surface area is 236 Å². The molecule has 1 aromatic carbocycles. The molecule has 3 aromatic rings. The van der Waals surface area contributed by atoms with Gasteiger partial charge in [0.05, 0.1) is 23.9 Å². The minimum absolute atomic E-state index is 0.0809. The average molecular weight is 591 g/mol. The Morgan fingerprint density at radius 3 is 2.58 bits per heavy atom. The van der Waals surface area contributed by atoms with Crippen LogP contribution in [0.4, 0.5) is 5.69 Å². The van der Waals surface area contributed by atoms with Crippen LogP contribution < -0.4 is 16.6 Å². The molecule has 3 heterocycles. The van der Waals surface area contributed by atoms with Gasteiger partial charge in [0, 0.05) is 38.8 Å². The number of nitrogens with zero attached hydrogens (tertiary/aromatic N) is 5. The van der Waals surface area contributed by atoms with E-state index in [1.165, 1.54) is 28.1 Å². The summed E-state index contributed by atoms with van der Waals surface area (Å²) in [5.41, 5.74) is -0.369. The Hall–Kier alpha value is -3.07. The third-order valence-corrected chi connectivity index (χ3v) is 9.17. The number of rotatable bonds is 10. The molecule has 12 nitrogen and oxygen atoms in total. The number of morpholine rings is 1. The molecule has 1 saturated heterocycles. The molecule has 1 fully saturated rings. The first-order valence-corrected chi connectivity index (χ1v) is 15.6. The number of sulfonamides is 1. The topological polar surface area (TPSA) is 145 Å². The van der Waals surface area contributed by atoms with Gasteiger partial charge >= 0.3 is 5.69 Å². The van der Waals surface area contributed by atoms with Crippen LogP contribution in [0.2, 0.25) is 0 Å². The molecule has 0 unspecified atom stereocenters. The SMILES string of the molecule is CCCn1c(=O)n(C)c(=O)c2c(SCC(=O)Nc3cccc(S(=O)(=O)N4CCOCC4)c3)nc(CC(C)C)nc21. The smallest absolute Gasteiger partial charge is 0.332 e. The van der Waals surface area contributed by atoms with Crippen LogP contribution in [0.5, 0.6) is 0 Å². The highest BCUT2D eigenvalue weighted by atomic mass is 32.2. The monoisotopic (exact) mass is 590 g/mol. The Balaban J connectivity index is 1.60. The molecule has 14 heteroatoms. The summed E-state index contributed by atoms with van der Waals surface area (Å²) >= 11 is 1.07. The van der Waals surface area contributed by atoms with E-state index in [0.717, 1.165) is 16.3 Å². The van der Waals surface area contributed by atoms with Crippen LogP contribution >= 0.6 is 11.8 Å². The first-order valence-electron chi connectivity index (χ1n) is 13.1. The maximum absolute atomic E-state index is 13.1. The zero-order valence-electron chi connectivity index (χ0n) is 23.0. The number of amides is 1. The molecule has 0 atom stereocenters. The van der Waals surface area contributed by atoms with Gasteiger partial charge in [-0.2, -0.15) is 4.31 Å². The van der Waals surface area contributed by atoms with Gasteiger partial charge in [-0.05, 0) is 30.5 Å². The van der Waals surface area contributed by atoms with Gasteiger partial charge in [-0.15, -0.1) is 0 Å². The molecule has 4 rings (SSSR count). The van der Waals surface area contributed by atoms with E-state index in [2.05, 4.69) is 15.3 Å². The van der Waals surface area contributed by atoms with Crippen LogP contribution in [0.3, 0.4) is 0 Å². The lowest BCUT2D eigenvalue weighted by Gasteiger charge is -2.26. The average Bonchev–Trinajstić information content (AvgIpc) is 2.93. The fourth-order valence-electron chi connectivity index (χ4n) is 4.37. The van der Waals surface area contributed by atoms with Crippen molar-refractivity contribution >= 4 is 44.4 Å². The number of hydrogen-bond donors (Lipinski definition) is 1. The van der Waals surface area contributed by atoms with E-state index in [-0.39, 0.29) is 40.7 Å². The first kappa shape index (κ1) is 29.9. The predicted molar refractivity (Wildman–Crippen MR) is 153 cm³/mol. The number of aromatic nitrogens is 4. The quantitative estimate of drug-likeness (QED) is 0.276. The van der Waals surface area contributed by atoms with Gasteiger partial charge in [-0.25, -0.2) is 23.2 Å². The van der Waals surface area contributed by atoms with Crippen molar-refractivity contribution in [1.29, 1.82) is 0 Å². The minimum atomic E-state index is -3.72. The van der Waals surface area contributed by atoms with Crippen molar-refractivity contribution in [1.82, 2.24) is 23.4 Å². The van der Waals surface area contributed by atoms with Crippen LogP contribution in [-0.4, -0.2) is 69.8 Å². The number of anilines is 1. The van der Waals surface area contributed by atoms with Gasteiger partial charge in [0.15, 0.2) is 5.65 Å². The maximum atomic E-state index is 13.1. The molecule has 0 radical (unpaired) electrons. The van der Waals surface area contributed by atoms with Crippen molar-refractivity contribution in [3.8, 4) is 0 Å². The van der Waals surface area contributed by atoms with Crippen LogP contribution in [0, 0.1) is 5.92 Å². The molecular weight excluding hydrogens is 556 g/mol. The van der Waals surface area contributed by atoms with E-state index in [9.17, 15) is 22.8 Å². The maximum Gasteiger partial charge on any atom is 0.332 e. The normalized spacial score (nSPS) is 14.6. The van der Waals surface area contributed by atoms with Crippen molar-refractivity contribution in [2.75, 3.05) is 37.4 Å². The van der Waals surface area contributed by atoms with Gasteiger partial charge in [0.25, 0.3) is 5.56 Å². The first-order chi connectivity index (χ1) is 19.0. The van der Waals surface area contributed by atoms with Gasteiger partial charge in [0.2, 0.25) is 15.9 Å². The highest BCUT2D eigenvalue weighted by molar-refractivity contribution is 8.00. The zero-order valence-corrected chi connectivity index (χ0v) is 24.7. The van der Waals surface area contributed by atoms with Gasteiger partial charge in [-0.3, -0.25) is 18.7 Å². The second-order valence-corrected chi connectivity index (χ2v) is 12.8. The summed E-state index contributed by atoms with van der Waals surface area (Å²) in [5, 5.41) is 3.26. The highest BCUT2D eigenvalue weighted by Gasteiger charge is 2.26. The molecule has 40 heavy (non-hydrogen) atoms. The summed E-state index contributed by atoms with van der Waals surface area (Å²) in [6.45, 7) is 7.56. The Bertz CT molecular complexity index is 1630. The highest BCUT2D eigenvalue weighted by Crippen LogP contribution is 2.25. The zero-order chi connectivity index (χ0) is 29.0. The number of carbonyl (C=O) groups excluding carboxylic acids is 1. The summed E-state index contributed by atoms with van der Waals surface area (Å²) < 4.78 is 35.1. The predicted octanol–water partition coefficient (Wildman–Crippen LogP) is 1.85. The van der Waals surface area contributed by atoms with Crippen molar-refractivity contribution in [2.24, 2.45) is 13.0 Å². The largest absolute Gasteiger partial charge is 0.379 e. The lowest BCUT2D eigenvalue weighted by Crippen LogP contribution is -2.40. The van der Waals surface area contributed by atoms with E-state index in [4.69, 9.17) is 4.74 Å². The second kappa shape index (κ2) is 12.6. The van der Waals surface area contributed by atoms with Crippen molar-refractivity contribution in [2.45, 2.75) is 50.1 Å². The van der Waals surface area contributed by atoms with E-state index >= 15 is 0 Å². The molecule has 1 N–H and O–H groups in total. The van der Waals surface area contributed by atoms with Crippen LogP contribution in [-0.2, 0) is 39.6 Å². The Morgan fingerprint density at radius 2 is 1.90 bits per heavy atom. The van der Waals surface area contributed by atoms with Crippen molar-refractivity contribution in [3.63, 3.8) is 0 Å². The molecular formula is C26H34N6O6S2. The number of carbonyl (C=O) groups is 1. The summed E-state index contributed by atoms with van der Waals surface area (Å²) in [4.78, 5) is 48.2. The van der Waals surface area contributed by atoms with E-state index in [1.807, 2.05) is 20.8 Å².